The number of nitrogens with two attached hydrogens (primary N) is 1. The Morgan fingerprint density at radius 3 is 2.74 bits per heavy atom. The SMILES string of the molecule is CCCOc1ccc(NC(=O)C(C)CN)cc1Cl.Cl. The van der Waals surface area contributed by atoms with Crippen molar-refractivity contribution >= 4 is 35.6 Å². The van der Waals surface area contributed by atoms with Gasteiger partial charge in [0.1, 0.15) is 5.75 Å². The minimum Gasteiger partial charge on any atom is -0.492 e. The van der Waals surface area contributed by atoms with E-state index in [9.17, 15) is 4.79 Å². The molecule has 0 spiro atoms. The van der Waals surface area contributed by atoms with E-state index in [-0.39, 0.29) is 24.2 Å². The van der Waals surface area contributed by atoms with Crippen molar-refractivity contribution in [3.05, 3.63) is 23.2 Å². The quantitative estimate of drug-likeness (QED) is 0.849. The second-order valence-corrected chi connectivity index (χ2v) is 4.53. The van der Waals surface area contributed by atoms with E-state index in [2.05, 4.69) is 5.32 Å². The number of benzene rings is 1. The molecule has 0 saturated carbocycles. The first-order chi connectivity index (χ1) is 8.58. The molecule has 0 aliphatic rings. The Bertz CT molecular complexity index is 414. The van der Waals surface area contributed by atoms with Crippen LogP contribution in [0.2, 0.25) is 5.02 Å². The third-order valence-electron chi connectivity index (χ3n) is 2.46. The molecular weight excluding hydrogens is 287 g/mol. The first kappa shape index (κ1) is 18.0. The first-order valence-corrected chi connectivity index (χ1v) is 6.39. The van der Waals surface area contributed by atoms with Gasteiger partial charge in [0.2, 0.25) is 5.91 Å². The molecule has 6 heteroatoms. The molecule has 1 atom stereocenters. The van der Waals surface area contributed by atoms with Crippen molar-refractivity contribution in [3.63, 3.8) is 0 Å². The molecule has 1 amide bonds. The van der Waals surface area contributed by atoms with Gasteiger partial charge in [-0.05, 0) is 24.6 Å². The zero-order chi connectivity index (χ0) is 13.5. The van der Waals surface area contributed by atoms with Crippen LogP contribution in [-0.2, 0) is 4.79 Å². The number of ether oxygens (including phenoxy) is 1. The van der Waals surface area contributed by atoms with E-state index < -0.39 is 0 Å². The molecule has 1 aromatic carbocycles. The molecule has 0 aliphatic carbocycles. The standard InChI is InChI=1S/C13H19ClN2O2.ClH/c1-3-6-18-12-5-4-10(7-11(12)14)16-13(17)9(2)8-15;/h4-5,7,9H,3,6,8,15H2,1-2H3,(H,16,17);1H. The largest absolute Gasteiger partial charge is 0.492 e. The molecule has 0 aromatic heterocycles. The molecule has 0 bridgehead atoms. The van der Waals surface area contributed by atoms with E-state index >= 15 is 0 Å². The summed E-state index contributed by atoms with van der Waals surface area (Å²) in [5, 5.41) is 3.25. The Morgan fingerprint density at radius 1 is 1.53 bits per heavy atom. The van der Waals surface area contributed by atoms with E-state index in [4.69, 9.17) is 22.1 Å². The van der Waals surface area contributed by atoms with Crippen LogP contribution in [0.3, 0.4) is 0 Å². The van der Waals surface area contributed by atoms with Gasteiger partial charge < -0.3 is 15.8 Å². The highest BCUT2D eigenvalue weighted by Crippen LogP contribution is 2.27. The number of nitrogens with one attached hydrogen (secondary N) is 1. The van der Waals surface area contributed by atoms with Crippen molar-refractivity contribution in [1.29, 1.82) is 0 Å². The minimum absolute atomic E-state index is 0. The number of rotatable bonds is 6. The summed E-state index contributed by atoms with van der Waals surface area (Å²) in [7, 11) is 0. The maximum absolute atomic E-state index is 11.6. The normalized spacial score (nSPS) is 11.4. The van der Waals surface area contributed by atoms with Crippen molar-refractivity contribution < 1.29 is 9.53 Å². The summed E-state index contributed by atoms with van der Waals surface area (Å²) in [6.45, 7) is 4.74. The Labute approximate surface area is 125 Å². The van der Waals surface area contributed by atoms with E-state index in [1.165, 1.54) is 0 Å². The van der Waals surface area contributed by atoms with Crippen LogP contribution in [0.4, 0.5) is 5.69 Å². The average molecular weight is 307 g/mol. The number of hydrogen-bond acceptors (Lipinski definition) is 3. The van der Waals surface area contributed by atoms with E-state index in [0.29, 0.717) is 29.6 Å². The van der Waals surface area contributed by atoms with Gasteiger partial charge in [0, 0.05) is 18.2 Å². The maximum atomic E-state index is 11.6. The summed E-state index contributed by atoms with van der Waals surface area (Å²) >= 11 is 6.06. The summed E-state index contributed by atoms with van der Waals surface area (Å²) in [6, 6.07) is 5.19. The van der Waals surface area contributed by atoms with Crippen molar-refractivity contribution in [1.82, 2.24) is 0 Å². The van der Waals surface area contributed by atoms with Gasteiger partial charge in [-0.2, -0.15) is 0 Å². The predicted octanol–water partition coefficient (Wildman–Crippen LogP) is 3.08. The van der Waals surface area contributed by atoms with Gasteiger partial charge in [0.05, 0.1) is 11.6 Å². The van der Waals surface area contributed by atoms with E-state index in [1.54, 1.807) is 25.1 Å². The summed E-state index contributed by atoms with van der Waals surface area (Å²) in [6.07, 6.45) is 0.919. The van der Waals surface area contributed by atoms with Crippen LogP contribution in [-0.4, -0.2) is 19.1 Å². The minimum atomic E-state index is -0.222. The van der Waals surface area contributed by atoms with Crippen LogP contribution in [0.1, 0.15) is 20.3 Å². The van der Waals surface area contributed by atoms with Gasteiger partial charge in [-0.1, -0.05) is 25.4 Å². The molecule has 1 unspecified atom stereocenters. The average Bonchev–Trinajstić information content (AvgIpc) is 2.36. The molecule has 0 heterocycles. The fourth-order valence-electron chi connectivity index (χ4n) is 1.28. The number of anilines is 1. The Balaban J connectivity index is 0.00000324. The smallest absolute Gasteiger partial charge is 0.228 e. The summed E-state index contributed by atoms with van der Waals surface area (Å²) < 4.78 is 5.45. The van der Waals surface area contributed by atoms with Gasteiger partial charge >= 0.3 is 0 Å². The fourth-order valence-corrected chi connectivity index (χ4v) is 1.52. The highest BCUT2D eigenvalue weighted by molar-refractivity contribution is 6.32. The Morgan fingerprint density at radius 2 is 2.21 bits per heavy atom. The summed E-state index contributed by atoms with van der Waals surface area (Å²) in [4.78, 5) is 11.6. The van der Waals surface area contributed by atoms with Crippen LogP contribution < -0.4 is 15.8 Å². The van der Waals surface area contributed by atoms with Crippen molar-refractivity contribution in [2.45, 2.75) is 20.3 Å². The van der Waals surface area contributed by atoms with Crippen molar-refractivity contribution in [3.8, 4) is 5.75 Å². The van der Waals surface area contributed by atoms with E-state index in [0.717, 1.165) is 6.42 Å². The van der Waals surface area contributed by atoms with Crippen LogP contribution in [0.5, 0.6) is 5.75 Å². The molecule has 1 rings (SSSR count). The van der Waals surface area contributed by atoms with Crippen LogP contribution in [0, 0.1) is 5.92 Å². The third kappa shape index (κ3) is 5.68. The maximum Gasteiger partial charge on any atom is 0.228 e. The molecule has 0 saturated heterocycles. The molecule has 19 heavy (non-hydrogen) atoms. The molecule has 0 fully saturated rings. The van der Waals surface area contributed by atoms with Gasteiger partial charge in [-0.3, -0.25) is 4.79 Å². The number of amides is 1. The lowest BCUT2D eigenvalue weighted by molar-refractivity contribution is -0.119. The molecule has 1 aromatic rings. The molecule has 108 valence electrons. The topological polar surface area (TPSA) is 64.3 Å². The van der Waals surface area contributed by atoms with Crippen LogP contribution in [0.25, 0.3) is 0 Å². The molecule has 0 radical (unpaired) electrons. The molecular formula is C13H20Cl2N2O2. The third-order valence-corrected chi connectivity index (χ3v) is 2.76. The van der Waals surface area contributed by atoms with Gasteiger partial charge in [-0.15, -0.1) is 12.4 Å². The number of hydrogen-bond donors (Lipinski definition) is 2. The fraction of sp³-hybridized carbons (Fsp3) is 0.462. The zero-order valence-corrected chi connectivity index (χ0v) is 12.7. The lowest BCUT2D eigenvalue weighted by Gasteiger charge is -2.12. The number of carbonyl (C=O) groups excluding carboxylic acids is 1. The second kappa shape index (κ2) is 9.02. The Kier molecular flexibility index (Phi) is 8.56. The van der Waals surface area contributed by atoms with Crippen molar-refractivity contribution in [2.75, 3.05) is 18.5 Å². The summed E-state index contributed by atoms with van der Waals surface area (Å²) in [5.41, 5.74) is 6.08. The molecule has 0 aliphatic heterocycles. The van der Waals surface area contributed by atoms with Gasteiger partial charge in [0.25, 0.3) is 0 Å². The molecule has 3 N–H and O–H groups in total. The van der Waals surface area contributed by atoms with Crippen LogP contribution in [0.15, 0.2) is 18.2 Å². The molecule has 4 nitrogen and oxygen atoms in total. The Hall–Kier alpha value is -0.970. The second-order valence-electron chi connectivity index (χ2n) is 4.12. The number of carbonyl (C=O) groups is 1. The monoisotopic (exact) mass is 306 g/mol. The lowest BCUT2D eigenvalue weighted by atomic mass is 10.1. The summed E-state index contributed by atoms with van der Waals surface area (Å²) in [5.74, 6) is 0.291. The predicted molar refractivity (Wildman–Crippen MR) is 81.3 cm³/mol. The highest BCUT2D eigenvalue weighted by Gasteiger charge is 2.11. The first-order valence-electron chi connectivity index (χ1n) is 6.01. The zero-order valence-electron chi connectivity index (χ0n) is 11.1. The van der Waals surface area contributed by atoms with Crippen LogP contribution >= 0.6 is 24.0 Å². The highest BCUT2D eigenvalue weighted by atomic mass is 35.5. The lowest BCUT2D eigenvalue weighted by Crippen LogP contribution is -2.26. The van der Waals surface area contributed by atoms with Gasteiger partial charge in [0.15, 0.2) is 0 Å². The van der Waals surface area contributed by atoms with Gasteiger partial charge in [-0.25, -0.2) is 0 Å². The number of halogens is 2. The van der Waals surface area contributed by atoms with Crippen molar-refractivity contribution in [2.24, 2.45) is 11.7 Å². The van der Waals surface area contributed by atoms with E-state index in [1.807, 2.05) is 6.92 Å².